The number of aromatic nitrogens is 2. The molecule has 0 N–H and O–H groups in total. The van der Waals surface area contributed by atoms with Crippen molar-refractivity contribution in [2.24, 2.45) is 0 Å². The van der Waals surface area contributed by atoms with E-state index in [4.69, 9.17) is 9.47 Å². The number of piperazine rings is 1. The lowest BCUT2D eigenvalue weighted by Crippen LogP contribution is -2.46. The number of carbonyl (C=O) groups is 1. The van der Waals surface area contributed by atoms with Crippen LogP contribution in [0.5, 0.6) is 11.5 Å². The van der Waals surface area contributed by atoms with Crippen LogP contribution in [-0.2, 0) is 6.54 Å². The second-order valence-corrected chi connectivity index (χ2v) is 6.93. The van der Waals surface area contributed by atoms with Crippen LogP contribution in [0.4, 0.5) is 5.82 Å². The van der Waals surface area contributed by atoms with Gasteiger partial charge in [0, 0.05) is 46.8 Å². The zero-order valence-electron chi connectivity index (χ0n) is 15.6. The molecule has 2 aliphatic heterocycles. The van der Waals surface area contributed by atoms with E-state index in [0.717, 1.165) is 50.0 Å². The van der Waals surface area contributed by atoms with Crippen molar-refractivity contribution >= 4 is 11.7 Å². The number of carbonyl (C=O) groups excluding carboxylic acids is 1. The molecule has 0 saturated carbocycles. The highest BCUT2D eigenvalue weighted by atomic mass is 16.7. The van der Waals surface area contributed by atoms with Gasteiger partial charge in [0.1, 0.15) is 0 Å². The van der Waals surface area contributed by atoms with Crippen LogP contribution in [0.3, 0.4) is 0 Å². The lowest BCUT2D eigenvalue weighted by atomic mass is 10.1. The minimum Gasteiger partial charge on any atom is -0.454 e. The predicted molar refractivity (Wildman–Crippen MR) is 100 cm³/mol. The lowest BCUT2D eigenvalue weighted by molar-refractivity contribution is 0.0821. The van der Waals surface area contributed by atoms with Crippen LogP contribution in [0.2, 0.25) is 0 Å². The fourth-order valence-corrected chi connectivity index (χ4v) is 3.27. The van der Waals surface area contributed by atoms with E-state index < -0.39 is 0 Å². The van der Waals surface area contributed by atoms with Crippen molar-refractivity contribution in [3.63, 3.8) is 0 Å². The highest BCUT2D eigenvalue weighted by Gasteiger charge is 2.20. The molecule has 1 fully saturated rings. The Hall–Kier alpha value is -2.87. The van der Waals surface area contributed by atoms with Gasteiger partial charge in [-0.05, 0) is 29.8 Å². The maximum Gasteiger partial charge on any atom is 0.273 e. The first-order valence-electron chi connectivity index (χ1n) is 9.01. The van der Waals surface area contributed by atoms with Gasteiger partial charge >= 0.3 is 0 Å². The highest BCUT2D eigenvalue weighted by Crippen LogP contribution is 2.32. The summed E-state index contributed by atoms with van der Waals surface area (Å²) in [6, 6.07) is 9.73. The van der Waals surface area contributed by atoms with Crippen LogP contribution in [0.1, 0.15) is 16.1 Å². The van der Waals surface area contributed by atoms with Crippen LogP contribution >= 0.6 is 0 Å². The van der Waals surface area contributed by atoms with Gasteiger partial charge in [-0.15, -0.1) is 10.2 Å². The largest absolute Gasteiger partial charge is 0.454 e. The normalized spacial score (nSPS) is 16.4. The fourth-order valence-electron chi connectivity index (χ4n) is 3.27. The summed E-state index contributed by atoms with van der Waals surface area (Å²) in [4.78, 5) is 18.0. The van der Waals surface area contributed by atoms with Crippen molar-refractivity contribution in [2.75, 3.05) is 52.0 Å². The molecule has 0 bridgehead atoms. The van der Waals surface area contributed by atoms with Crippen molar-refractivity contribution in [3.8, 4) is 11.5 Å². The summed E-state index contributed by atoms with van der Waals surface area (Å²) >= 11 is 0. The standard InChI is InChI=1S/C19H23N5O3/c1-22(2)19(25)15-4-6-18(21-20-15)24-9-7-23(8-10-24)12-14-3-5-16-17(11-14)27-13-26-16/h3-6,11H,7-10,12-13H2,1-2H3. The second-order valence-electron chi connectivity index (χ2n) is 6.93. The third-order valence-corrected chi connectivity index (χ3v) is 4.82. The quantitative estimate of drug-likeness (QED) is 0.803. The van der Waals surface area contributed by atoms with E-state index >= 15 is 0 Å². The van der Waals surface area contributed by atoms with Crippen molar-refractivity contribution in [3.05, 3.63) is 41.6 Å². The number of benzene rings is 1. The molecular weight excluding hydrogens is 346 g/mol. The Morgan fingerprint density at radius 1 is 1.04 bits per heavy atom. The molecule has 1 amide bonds. The summed E-state index contributed by atoms with van der Waals surface area (Å²) < 4.78 is 10.8. The van der Waals surface area contributed by atoms with Crippen molar-refractivity contribution in [1.29, 1.82) is 0 Å². The predicted octanol–water partition coefficient (Wildman–Crippen LogP) is 1.23. The first kappa shape index (κ1) is 17.5. The molecular formula is C19H23N5O3. The van der Waals surface area contributed by atoms with E-state index in [1.807, 2.05) is 12.1 Å². The minimum absolute atomic E-state index is 0.136. The summed E-state index contributed by atoms with van der Waals surface area (Å²) in [5.41, 5.74) is 1.59. The van der Waals surface area contributed by atoms with Gasteiger partial charge in [-0.1, -0.05) is 6.07 Å². The van der Waals surface area contributed by atoms with Crippen LogP contribution in [-0.4, -0.2) is 73.0 Å². The van der Waals surface area contributed by atoms with Gasteiger partial charge in [0.05, 0.1) is 0 Å². The van der Waals surface area contributed by atoms with E-state index in [9.17, 15) is 4.79 Å². The number of fused-ring (bicyclic) bond motifs is 1. The minimum atomic E-state index is -0.136. The van der Waals surface area contributed by atoms with Gasteiger partial charge in [0.25, 0.3) is 5.91 Å². The maximum absolute atomic E-state index is 11.9. The molecule has 0 radical (unpaired) electrons. The van der Waals surface area contributed by atoms with Crippen LogP contribution in [0, 0.1) is 0 Å². The van der Waals surface area contributed by atoms with Crippen molar-refractivity contribution in [1.82, 2.24) is 20.0 Å². The zero-order valence-corrected chi connectivity index (χ0v) is 15.6. The first-order valence-corrected chi connectivity index (χ1v) is 9.01. The van der Waals surface area contributed by atoms with Crippen molar-refractivity contribution in [2.45, 2.75) is 6.54 Å². The molecule has 1 saturated heterocycles. The Morgan fingerprint density at radius 2 is 1.81 bits per heavy atom. The number of ether oxygens (including phenoxy) is 2. The Labute approximate surface area is 158 Å². The van der Waals surface area contributed by atoms with E-state index in [-0.39, 0.29) is 5.91 Å². The van der Waals surface area contributed by atoms with E-state index in [1.54, 1.807) is 20.2 Å². The zero-order chi connectivity index (χ0) is 18.8. The molecule has 2 aromatic rings. The Kier molecular flexibility index (Phi) is 4.81. The molecule has 0 aliphatic carbocycles. The van der Waals surface area contributed by atoms with Gasteiger partial charge in [0.2, 0.25) is 6.79 Å². The highest BCUT2D eigenvalue weighted by molar-refractivity contribution is 5.91. The third-order valence-electron chi connectivity index (χ3n) is 4.82. The molecule has 4 rings (SSSR count). The smallest absolute Gasteiger partial charge is 0.273 e. The first-order chi connectivity index (χ1) is 13.1. The molecule has 1 aromatic heterocycles. The monoisotopic (exact) mass is 369 g/mol. The molecule has 8 nitrogen and oxygen atoms in total. The van der Waals surface area contributed by atoms with E-state index in [1.165, 1.54) is 10.5 Å². The molecule has 8 heteroatoms. The average Bonchev–Trinajstić information content (AvgIpc) is 3.16. The summed E-state index contributed by atoms with van der Waals surface area (Å²) in [7, 11) is 3.41. The van der Waals surface area contributed by atoms with Gasteiger partial charge in [-0.25, -0.2) is 0 Å². The SMILES string of the molecule is CN(C)C(=O)c1ccc(N2CCN(Cc3ccc4c(c3)OCO4)CC2)nn1. The topological polar surface area (TPSA) is 71.0 Å². The Bertz CT molecular complexity index is 817. The van der Waals surface area contributed by atoms with Gasteiger partial charge in [-0.3, -0.25) is 9.69 Å². The Morgan fingerprint density at radius 3 is 2.52 bits per heavy atom. The fraction of sp³-hybridized carbons (Fsp3) is 0.421. The number of hydrogen-bond donors (Lipinski definition) is 0. The Balaban J connectivity index is 1.33. The maximum atomic E-state index is 11.9. The second kappa shape index (κ2) is 7.40. The van der Waals surface area contributed by atoms with E-state index in [0.29, 0.717) is 12.5 Å². The number of anilines is 1. The van der Waals surface area contributed by atoms with Crippen LogP contribution in [0.25, 0.3) is 0 Å². The molecule has 0 unspecified atom stereocenters. The van der Waals surface area contributed by atoms with Gasteiger partial charge < -0.3 is 19.3 Å². The third kappa shape index (κ3) is 3.80. The summed E-state index contributed by atoms with van der Waals surface area (Å²) in [6.45, 7) is 4.81. The van der Waals surface area contributed by atoms with Crippen LogP contribution < -0.4 is 14.4 Å². The molecule has 0 atom stereocenters. The number of amides is 1. The van der Waals surface area contributed by atoms with Gasteiger partial charge in [-0.2, -0.15) is 0 Å². The van der Waals surface area contributed by atoms with Crippen LogP contribution in [0.15, 0.2) is 30.3 Å². The summed E-state index contributed by atoms with van der Waals surface area (Å²) in [5.74, 6) is 2.32. The number of nitrogens with zero attached hydrogens (tertiary/aromatic N) is 5. The molecule has 3 heterocycles. The van der Waals surface area contributed by atoms with E-state index in [2.05, 4.69) is 32.1 Å². The molecule has 0 spiro atoms. The van der Waals surface area contributed by atoms with Crippen molar-refractivity contribution < 1.29 is 14.3 Å². The van der Waals surface area contributed by atoms with Gasteiger partial charge in [0.15, 0.2) is 23.0 Å². The molecule has 27 heavy (non-hydrogen) atoms. The number of rotatable bonds is 4. The molecule has 2 aliphatic rings. The molecule has 1 aromatic carbocycles. The summed E-state index contributed by atoms with van der Waals surface area (Å²) in [5, 5.41) is 8.31. The molecule has 142 valence electrons. The summed E-state index contributed by atoms with van der Waals surface area (Å²) in [6.07, 6.45) is 0. The average molecular weight is 369 g/mol. The lowest BCUT2D eigenvalue weighted by Gasteiger charge is -2.35. The number of hydrogen-bond acceptors (Lipinski definition) is 7.